The molecule has 122 valence electrons. The molecule has 2 saturated heterocycles. The van der Waals surface area contributed by atoms with Gasteiger partial charge in [0.25, 0.3) is 5.91 Å². The summed E-state index contributed by atoms with van der Waals surface area (Å²) in [6.45, 7) is 2.79. The van der Waals surface area contributed by atoms with E-state index in [1.807, 2.05) is 0 Å². The summed E-state index contributed by atoms with van der Waals surface area (Å²) in [4.78, 5) is 44.1. The lowest BCUT2D eigenvalue weighted by molar-refractivity contribution is -0.139. The second kappa shape index (κ2) is 5.98. The van der Waals surface area contributed by atoms with Crippen molar-refractivity contribution < 1.29 is 14.4 Å². The minimum absolute atomic E-state index is 0.182. The number of aromatic nitrogens is 1. The second-order valence-electron chi connectivity index (χ2n) is 6.10. The van der Waals surface area contributed by atoms with Crippen LogP contribution in [0.2, 0.25) is 0 Å². The van der Waals surface area contributed by atoms with Gasteiger partial charge in [0.2, 0.25) is 5.91 Å². The first-order valence-electron chi connectivity index (χ1n) is 7.86. The van der Waals surface area contributed by atoms with Crippen LogP contribution < -0.4 is 5.32 Å². The van der Waals surface area contributed by atoms with Crippen molar-refractivity contribution >= 4 is 17.8 Å². The molecule has 7 nitrogen and oxygen atoms in total. The van der Waals surface area contributed by atoms with E-state index >= 15 is 0 Å². The van der Waals surface area contributed by atoms with Gasteiger partial charge in [0.15, 0.2) is 5.54 Å². The number of hydrogen-bond donors (Lipinski definition) is 1. The van der Waals surface area contributed by atoms with E-state index in [0.717, 1.165) is 24.2 Å². The molecule has 0 spiro atoms. The molecule has 1 aromatic heterocycles. The molecule has 0 aromatic carbocycles. The van der Waals surface area contributed by atoms with Crippen molar-refractivity contribution in [1.82, 2.24) is 20.1 Å². The summed E-state index contributed by atoms with van der Waals surface area (Å²) >= 11 is 0. The smallest absolute Gasteiger partial charge is 0.325 e. The van der Waals surface area contributed by atoms with Gasteiger partial charge in [0.1, 0.15) is 6.54 Å². The van der Waals surface area contributed by atoms with Gasteiger partial charge in [0, 0.05) is 19.3 Å². The molecule has 3 heterocycles. The fourth-order valence-corrected chi connectivity index (χ4v) is 3.05. The van der Waals surface area contributed by atoms with Crippen molar-refractivity contribution in [1.29, 1.82) is 0 Å². The van der Waals surface area contributed by atoms with Gasteiger partial charge in [-0.15, -0.1) is 0 Å². The highest BCUT2D eigenvalue weighted by molar-refractivity contribution is 6.08. The average molecular weight is 316 g/mol. The number of nitrogens with one attached hydrogen (secondary N) is 1. The summed E-state index contributed by atoms with van der Waals surface area (Å²) in [6, 6.07) is 4.64. The summed E-state index contributed by atoms with van der Waals surface area (Å²) in [5.74, 6) is -0.620. The fourth-order valence-electron chi connectivity index (χ4n) is 3.05. The molecule has 1 unspecified atom stereocenters. The predicted molar refractivity (Wildman–Crippen MR) is 82.3 cm³/mol. The monoisotopic (exact) mass is 316 g/mol. The Balaban J connectivity index is 1.75. The maximum Gasteiger partial charge on any atom is 0.325 e. The number of likely N-dealkylation sites (tertiary alicyclic amines) is 1. The van der Waals surface area contributed by atoms with E-state index in [0.29, 0.717) is 18.8 Å². The molecule has 4 amide bonds. The molecule has 0 aliphatic carbocycles. The molecule has 7 heteroatoms. The number of rotatable bonds is 3. The van der Waals surface area contributed by atoms with Crippen LogP contribution in [-0.2, 0) is 15.1 Å². The van der Waals surface area contributed by atoms with Crippen molar-refractivity contribution in [3.05, 3.63) is 30.1 Å². The number of piperidine rings is 1. The largest absolute Gasteiger partial charge is 0.341 e. The van der Waals surface area contributed by atoms with Crippen molar-refractivity contribution in [2.75, 3.05) is 19.6 Å². The summed E-state index contributed by atoms with van der Waals surface area (Å²) in [5.41, 5.74) is -0.758. The number of pyridine rings is 1. The number of nitrogens with zero attached hydrogens (tertiary/aromatic N) is 3. The van der Waals surface area contributed by atoms with Crippen LogP contribution in [0.15, 0.2) is 24.4 Å². The van der Waals surface area contributed by atoms with Gasteiger partial charge in [-0.25, -0.2) is 4.79 Å². The van der Waals surface area contributed by atoms with Gasteiger partial charge < -0.3 is 10.2 Å². The standard InChI is InChI=1S/C16H20N4O3/c1-16(12-7-3-4-8-17-12)14(22)20(15(23)18-16)11-13(21)19-9-5-2-6-10-19/h3-4,7-8H,2,5-6,9-11H2,1H3,(H,18,23). The lowest BCUT2D eigenvalue weighted by Crippen LogP contribution is -2.46. The molecule has 2 aliphatic rings. The first-order chi connectivity index (χ1) is 11.0. The zero-order valence-electron chi connectivity index (χ0n) is 13.1. The van der Waals surface area contributed by atoms with Crippen LogP contribution in [0.4, 0.5) is 4.79 Å². The summed E-state index contributed by atoms with van der Waals surface area (Å²) in [5, 5.41) is 2.66. The van der Waals surface area contributed by atoms with E-state index in [-0.39, 0.29) is 12.5 Å². The Kier molecular flexibility index (Phi) is 4.02. The van der Waals surface area contributed by atoms with Gasteiger partial charge >= 0.3 is 6.03 Å². The molecule has 2 aliphatic heterocycles. The topological polar surface area (TPSA) is 82.6 Å². The zero-order valence-corrected chi connectivity index (χ0v) is 13.1. The Labute approximate surface area is 134 Å². The summed E-state index contributed by atoms with van der Waals surface area (Å²) in [6.07, 6.45) is 4.63. The highest BCUT2D eigenvalue weighted by Crippen LogP contribution is 2.27. The van der Waals surface area contributed by atoms with Crippen LogP contribution in [0.25, 0.3) is 0 Å². The molecule has 1 atom stereocenters. The second-order valence-corrected chi connectivity index (χ2v) is 6.10. The third-order valence-corrected chi connectivity index (χ3v) is 4.45. The van der Waals surface area contributed by atoms with Crippen LogP contribution in [-0.4, -0.2) is 52.3 Å². The Bertz CT molecular complexity index is 627. The molecule has 2 fully saturated rings. The van der Waals surface area contributed by atoms with Gasteiger partial charge in [-0.3, -0.25) is 19.5 Å². The number of hydrogen-bond acceptors (Lipinski definition) is 4. The lowest BCUT2D eigenvalue weighted by Gasteiger charge is -2.28. The molecule has 1 N–H and O–H groups in total. The van der Waals surface area contributed by atoms with Gasteiger partial charge in [0.05, 0.1) is 5.69 Å². The average Bonchev–Trinajstić information content (AvgIpc) is 2.81. The number of carbonyl (C=O) groups is 3. The van der Waals surface area contributed by atoms with E-state index in [1.54, 1.807) is 36.2 Å². The minimum Gasteiger partial charge on any atom is -0.341 e. The van der Waals surface area contributed by atoms with E-state index in [1.165, 1.54) is 0 Å². The van der Waals surface area contributed by atoms with Crippen LogP contribution in [0.5, 0.6) is 0 Å². The molecular weight excluding hydrogens is 296 g/mol. The Morgan fingerprint density at radius 1 is 1.26 bits per heavy atom. The van der Waals surface area contributed by atoms with Crippen LogP contribution in [0.3, 0.4) is 0 Å². The van der Waals surface area contributed by atoms with Gasteiger partial charge in [-0.05, 0) is 38.3 Å². The number of urea groups is 1. The van der Waals surface area contributed by atoms with Gasteiger partial charge in [-0.2, -0.15) is 0 Å². The minimum atomic E-state index is -1.22. The van der Waals surface area contributed by atoms with Crippen molar-refractivity contribution in [2.24, 2.45) is 0 Å². The van der Waals surface area contributed by atoms with Crippen LogP contribution in [0, 0.1) is 0 Å². The van der Waals surface area contributed by atoms with E-state index in [2.05, 4.69) is 10.3 Å². The highest BCUT2D eigenvalue weighted by Gasteiger charge is 2.50. The van der Waals surface area contributed by atoms with E-state index in [9.17, 15) is 14.4 Å². The summed E-state index contributed by atoms with van der Waals surface area (Å²) < 4.78 is 0. The van der Waals surface area contributed by atoms with Crippen LogP contribution >= 0.6 is 0 Å². The lowest BCUT2D eigenvalue weighted by atomic mass is 9.97. The third kappa shape index (κ3) is 2.78. The number of carbonyl (C=O) groups excluding carboxylic acids is 3. The van der Waals surface area contributed by atoms with Crippen LogP contribution in [0.1, 0.15) is 31.9 Å². The van der Waals surface area contributed by atoms with Crippen molar-refractivity contribution in [3.8, 4) is 0 Å². The maximum atomic E-state index is 12.7. The van der Waals surface area contributed by atoms with Gasteiger partial charge in [-0.1, -0.05) is 6.07 Å². The highest BCUT2D eigenvalue weighted by atomic mass is 16.2. The quantitative estimate of drug-likeness (QED) is 0.839. The normalized spacial score (nSPS) is 24.7. The molecule has 0 radical (unpaired) electrons. The first-order valence-corrected chi connectivity index (χ1v) is 7.86. The SMILES string of the molecule is CC1(c2ccccn2)NC(=O)N(CC(=O)N2CCCCC2)C1=O. The molecule has 0 bridgehead atoms. The molecule has 1 aromatic rings. The Morgan fingerprint density at radius 2 is 2.00 bits per heavy atom. The van der Waals surface area contributed by atoms with Crippen molar-refractivity contribution in [2.45, 2.75) is 31.7 Å². The number of imide groups is 1. The molecule has 23 heavy (non-hydrogen) atoms. The number of amides is 4. The predicted octanol–water partition coefficient (Wildman–Crippen LogP) is 0.861. The maximum absolute atomic E-state index is 12.7. The Morgan fingerprint density at radius 3 is 2.65 bits per heavy atom. The molecule has 3 rings (SSSR count). The van der Waals surface area contributed by atoms with E-state index in [4.69, 9.17) is 0 Å². The van der Waals surface area contributed by atoms with E-state index < -0.39 is 17.5 Å². The molecular formula is C16H20N4O3. The summed E-state index contributed by atoms with van der Waals surface area (Å²) in [7, 11) is 0. The fraction of sp³-hybridized carbons (Fsp3) is 0.500. The Hall–Kier alpha value is -2.44. The first kappa shape index (κ1) is 15.5. The third-order valence-electron chi connectivity index (χ3n) is 4.45. The van der Waals surface area contributed by atoms with Crippen molar-refractivity contribution in [3.63, 3.8) is 0 Å². The zero-order chi connectivity index (χ0) is 16.4. The molecule has 0 saturated carbocycles.